The summed E-state index contributed by atoms with van der Waals surface area (Å²) in [5.41, 5.74) is 1.16. The van der Waals surface area contributed by atoms with E-state index in [1.165, 1.54) is 0 Å². The zero-order chi connectivity index (χ0) is 14.2. The molecule has 2 aromatic carbocycles. The smallest absolute Gasteiger partial charge is 0.261 e. The van der Waals surface area contributed by atoms with Gasteiger partial charge in [0.15, 0.2) is 5.60 Å². The molecule has 3 heteroatoms. The van der Waals surface area contributed by atoms with Gasteiger partial charge in [0.1, 0.15) is 6.10 Å². The van der Waals surface area contributed by atoms with Crippen molar-refractivity contribution in [1.29, 1.82) is 0 Å². The molecule has 1 saturated heterocycles. The zero-order valence-electron chi connectivity index (χ0n) is 11.6. The van der Waals surface area contributed by atoms with Gasteiger partial charge < -0.3 is 9.64 Å². The highest BCUT2D eigenvalue weighted by Crippen LogP contribution is 2.50. The van der Waals surface area contributed by atoms with Crippen LogP contribution in [0.2, 0.25) is 0 Å². The molecule has 1 aliphatic heterocycles. The first kappa shape index (κ1) is 12.9. The molecule has 1 amide bonds. The molecule has 0 bridgehead atoms. The summed E-state index contributed by atoms with van der Waals surface area (Å²) >= 11 is 0. The van der Waals surface area contributed by atoms with Gasteiger partial charge in [-0.3, -0.25) is 4.79 Å². The third-order valence-electron chi connectivity index (χ3n) is 3.78. The molecule has 3 rings (SSSR count). The summed E-state index contributed by atoms with van der Waals surface area (Å²) in [4.78, 5) is 14.3. The van der Waals surface area contributed by atoms with E-state index in [4.69, 9.17) is 4.74 Å². The number of ether oxygens (including phenoxy) is 1. The van der Waals surface area contributed by atoms with Crippen LogP contribution in [0.3, 0.4) is 0 Å². The topological polar surface area (TPSA) is 32.8 Å². The van der Waals surface area contributed by atoms with Crippen LogP contribution in [-0.2, 0) is 9.53 Å². The van der Waals surface area contributed by atoms with Crippen molar-refractivity contribution < 1.29 is 9.53 Å². The van der Waals surface area contributed by atoms with E-state index in [-0.39, 0.29) is 12.0 Å². The molecule has 1 aliphatic rings. The average molecular weight is 267 g/mol. The molecule has 0 aromatic heterocycles. The first-order chi connectivity index (χ1) is 9.63. The highest BCUT2D eigenvalue weighted by Gasteiger charge is 2.60. The van der Waals surface area contributed by atoms with Gasteiger partial charge in [-0.25, -0.2) is 0 Å². The van der Waals surface area contributed by atoms with Crippen molar-refractivity contribution >= 4 is 11.6 Å². The number of hydrogen-bond acceptors (Lipinski definition) is 2. The molecule has 0 radical (unpaired) electrons. The SMILES string of the molecule is CN(C(=O)C1(C)OC1c1ccccc1)c1ccccc1. The minimum atomic E-state index is -0.758. The van der Waals surface area contributed by atoms with Gasteiger partial charge in [0, 0.05) is 12.7 Å². The molecule has 0 saturated carbocycles. The minimum absolute atomic E-state index is 0.0162. The van der Waals surface area contributed by atoms with Crippen LogP contribution in [0.25, 0.3) is 0 Å². The summed E-state index contributed by atoms with van der Waals surface area (Å²) in [6.07, 6.45) is -0.151. The Labute approximate surface area is 118 Å². The predicted octanol–water partition coefficient (Wildman–Crippen LogP) is 3.18. The quantitative estimate of drug-likeness (QED) is 0.800. The zero-order valence-corrected chi connectivity index (χ0v) is 11.6. The van der Waals surface area contributed by atoms with Crippen LogP contribution in [0.5, 0.6) is 0 Å². The Hall–Kier alpha value is -2.13. The maximum Gasteiger partial charge on any atom is 0.261 e. The maximum atomic E-state index is 12.6. The summed E-state index contributed by atoms with van der Waals surface area (Å²) in [6, 6.07) is 19.5. The predicted molar refractivity (Wildman–Crippen MR) is 78.5 cm³/mol. The highest BCUT2D eigenvalue weighted by molar-refractivity contribution is 6.01. The molecule has 2 unspecified atom stereocenters. The van der Waals surface area contributed by atoms with Crippen molar-refractivity contribution in [2.24, 2.45) is 0 Å². The highest BCUT2D eigenvalue weighted by atomic mass is 16.6. The Morgan fingerprint density at radius 2 is 1.60 bits per heavy atom. The first-order valence-electron chi connectivity index (χ1n) is 6.69. The van der Waals surface area contributed by atoms with Gasteiger partial charge in [0.2, 0.25) is 0 Å². The molecule has 1 fully saturated rings. The number of carbonyl (C=O) groups is 1. The van der Waals surface area contributed by atoms with E-state index in [2.05, 4.69) is 0 Å². The number of nitrogens with zero attached hydrogens (tertiary/aromatic N) is 1. The minimum Gasteiger partial charge on any atom is -0.351 e. The number of carbonyl (C=O) groups excluding carboxylic acids is 1. The van der Waals surface area contributed by atoms with Gasteiger partial charge in [-0.05, 0) is 24.6 Å². The fourth-order valence-corrected chi connectivity index (χ4v) is 2.49. The molecule has 20 heavy (non-hydrogen) atoms. The van der Waals surface area contributed by atoms with Crippen LogP contribution in [0.1, 0.15) is 18.6 Å². The van der Waals surface area contributed by atoms with Crippen molar-refractivity contribution in [3.8, 4) is 0 Å². The molecule has 0 aliphatic carbocycles. The summed E-state index contributed by atoms with van der Waals surface area (Å²) in [5, 5.41) is 0. The van der Waals surface area contributed by atoms with Crippen molar-refractivity contribution in [2.45, 2.75) is 18.6 Å². The lowest BCUT2D eigenvalue weighted by atomic mass is 10.00. The van der Waals surface area contributed by atoms with E-state index in [1.54, 1.807) is 11.9 Å². The number of anilines is 1. The number of benzene rings is 2. The van der Waals surface area contributed by atoms with E-state index in [1.807, 2.05) is 67.6 Å². The van der Waals surface area contributed by atoms with Crippen molar-refractivity contribution in [2.75, 3.05) is 11.9 Å². The molecular formula is C17H17NO2. The number of amides is 1. The second kappa shape index (κ2) is 4.76. The fraction of sp³-hybridized carbons (Fsp3) is 0.235. The monoisotopic (exact) mass is 267 g/mol. The van der Waals surface area contributed by atoms with Gasteiger partial charge in [-0.2, -0.15) is 0 Å². The Balaban J connectivity index is 1.79. The van der Waals surface area contributed by atoms with Crippen LogP contribution in [-0.4, -0.2) is 18.6 Å². The normalized spacial score (nSPS) is 24.2. The fourth-order valence-electron chi connectivity index (χ4n) is 2.49. The van der Waals surface area contributed by atoms with Crippen molar-refractivity contribution in [3.05, 3.63) is 66.2 Å². The molecule has 3 nitrogen and oxygen atoms in total. The number of rotatable bonds is 3. The lowest BCUT2D eigenvalue weighted by Crippen LogP contribution is -2.37. The van der Waals surface area contributed by atoms with Gasteiger partial charge in [0.05, 0.1) is 0 Å². The number of likely N-dealkylation sites (N-methyl/N-ethyl adjacent to an activating group) is 1. The van der Waals surface area contributed by atoms with Crippen molar-refractivity contribution in [3.63, 3.8) is 0 Å². The average Bonchev–Trinajstić information content (AvgIpc) is 3.21. The number of para-hydroxylation sites is 1. The second-order valence-corrected chi connectivity index (χ2v) is 5.22. The van der Waals surface area contributed by atoms with Crippen LogP contribution in [0.15, 0.2) is 60.7 Å². The Morgan fingerprint density at radius 3 is 2.20 bits per heavy atom. The third kappa shape index (κ3) is 2.10. The molecule has 1 heterocycles. The molecule has 0 N–H and O–H groups in total. The van der Waals surface area contributed by atoms with Crippen LogP contribution in [0.4, 0.5) is 5.69 Å². The number of hydrogen-bond donors (Lipinski definition) is 0. The van der Waals surface area contributed by atoms with E-state index < -0.39 is 5.60 Å². The van der Waals surface area contributed by atoms with Crippen LogP contribution in [0, 0.1) is 0 Å². The van der Waals surface area contributed by atoms with Crippen molar-refractivity contribution in [1.82, 2.24) is 0 Å². The van der Waals surface area contributed by atoms with Gasteiger partial charge >= 0.3 is 0 Å². The Kier molecular flexibility index (Phi) is 3.07. The van der Waals surface area contributed by atoms with E-state index in [0.717, 1.165) is 11.3 Å². The molecule has 0 spiro atoms. The van der Waals surface area contributed by atoms with Gasteiger partial charge in [-0.1, -0.05) is 48.5 Å². The standard InChI is InChI=1S/C17H17NO2/c1-17(15(20-17)13-9-5-3-6-10-13)16(19)18(2)14-11-7-4-8-12-14/h3-12,15H,1-2H3. The van der Waals surface area contributed by atoms with E-state index in [0.29, 0.717) is 0 Å². The molecule has 102 valence electrons. The van der Waals surface area contributed by atoms with Crippen LogP contribution >= 0.6 is 0 Å². The second-order valence-electron chi connectivity index (χ2n) is 5.22. The summed E-state index contributed by atoms with van der Waals surface area (Å²) in [6.45, 7) is 1.85. The first-order valence-corrected chi connectivity index (χ1v) is 6.69. The molecular weight excluding hydrogens is 250 g/mol. The lowest BCUT2D eigenvalue weighted by molar-refractivity contribution is -0.122. The maximum absolute atomic E-state index is 12.6. The molecule has 2 aromatic rings. The van der Waals surface area contributed by atoms with E-state index in [9.17, 15) is 4.79 Å². The third-order valence-corrected chi connectivity index (χ3v) is 3.78. The van der Waals surface area contributed by atoms with Gasteiger partial charge in [-0.15, -0.1) is 0 Å². The lowest BCUT2D eigenvalue weighted by Gasteiger charge is -2.19. The largest absolute Gasteiger partial charge is 0.351 e. The summed E-state index contributed by atoms with van der Waals surface area (Å²) in [5.74, 6) is -0.0162. The Morgan fingerprint density at radius 1 is 1.05 bits per heavy atom. The molecule has 2 atom stereocenters. The Bertz CT molecular complexity index is 611. The summed E-state index contributed by atoms with van der Waals surface area (Å²) < 4.78 is 5.70. The van der Waals surface area contributed by atoms with E-state index >= 15 is 0 Å². The summed E-state index contributed by atoms with van der Waals surface area (Å²) in [7, 11) is 1.78. The number of epoxide rings is 1. The van der Waals surface area contributed by atoms with Gasteiger partial charge in [0.25, 0.3) is 5.91 Å². The van der Waals surface area contributed by atoms with Crippen LogP contribution < -0.4 is 4.90 Å².